The van der Waals surface area contributed by atoms with Crippen LogP contribution in [-0.2, 0) is 14.3 Å². The lowest BCUT2D eigenvalue weighted by atomic mass is 9.82. The fourth-order valence-corrected chi connectivity index (χ4v) is 3.02. The van der Waals surface area contributed by atoms with Gasteiger partial charge in [-0.1, -0.05) is 12.2 Å². The number of methoxy groups -OCH3 is 2. The van der Waals surface area contributed by atoms with Crippen molar-refractivity contribution in [3.63, 3.8) is 0 Å². The van der Waals surface area contributed by atoms with E-state index in [0.29, 0.717) is 17.2 Å². The van der Waals surface area contributed by atoms with Crippen LogP contribution in [-0.4, -0.2) is 38.3 Å². The van der Waals surface area contributed by atoms with Crippen molar-refractivity contribution >= 4 is 17.6 Å². The molecule has 3 rings (SSSR count). The van der Waals surface area contributed by atoms with Gasteiger partial charge in [0.2, 0.25) is 5.91 Å². The molecule has 7 heteroatoms. The summed E-state index contributed by atoms with van der Waals surface area (Å²) in [5, 5.41) is 14.0. The number of fused-ring (bicyclic) bond motifs is 2. The first-order chi connectivity index (χ1) is 11.0. The molecule has 0 aromatic heterocycles. The van der Waals surface area contributed by atoms with Crippen molar-refractivity contribution in [2.45, 2.75) is 12.2 Å². The number of hydrogen-bond acceptors (Lipinski definition) is 6. The van der Waals surface area contributed by atoms with Crippen LogP contribution in [0.3, 0.4) is 0 Å². The SMILES string of the molecule is COc1ccc(NC(=O)[C@@H]2[C@@H](C(=O)[O-])[C@H]3C=C[C@@H]2O3)c(OC)c1. The molecule has 1 amide bonds. The van der Waals surface area contributed by atoms with Crippen molar-refractivity contribution in [2.75, 3.05) is 19.5 Å². The fourth-order valence-electron chi connectivity index (χ4n) is 3.02. The molecule has 2 bridgehead atoms. The van der Waals surface area contributed by atoms with Gasteiger partial charge in [-0.3, -0.25) is 4.79 Å². The first kappa shape index (κ1) is 15.4. The summed E-state index contributed by atoms with van der Waals surface area (Å²) in [6, 6.07) is 4.93. The van der Waals surface area contributed by atoms with Crippen LogP contribution in [0.2, 0.25) is 0 Å². The minimum absolute atomic E-state index is 0.419. The van der Waals surface area contributed by atoms with Gasteiger partial charge in [-0.05, 0) is 12.1 Å². The third kappa shape index (κ3) is 2.63. The van der Waals surface area contributed by atoms with E-state index >= 15 is 0 Å². The fraction of sp³-hybridized carbons (Fsp3) is 0.375. The third-order valence-electron chi connectivity index (χ3n) is 4.14. The number of nitrogens with one attached hydrogen (secondary N) is 1. The van der Waals surface area contributed by atoms with Crippen molar-refractivity contribution in [1.29, 1.82) is 0 Å². The van der Waals surface area contributed by atoms with E-state index in [4.69, 9.17) is 14.2 Å². The predicted molar refractivity (Wildman–Crippen MR) is 78.0 cm³/mol. The van der Waals surface area contributed by atoms with Gasteiger partial charge in [-0.25, -0.2) is 0 Å². The summed E-state index contributed by atoms with van der Waals surface area (Å²) in [4.78, 5) is 23.9. The normalized spacial score (nSPS) is 27.7. The molecule has 4 atom stereocenters. The van der Waals surface area contributed by atoms with Gasteiger partial charge in [-0.15, -0.1) is 0 Å². The quantitative estimate of drug-likeness (QED) is 0.765. The molecule has 0 aliphatic carbocycles. The Morgan fingerprint density at radius 1 is 1.13 bits per heavy atom. The van der Waals surface area contributed by atoms with Gasteiger partial charge in [0.15, 0.2) is 0 Å². The maximum atomic E-state index is 12.5. The van der Waals surface area contributed by atoms with E-state index < -0.39 is 35.9 Å². The van der Waals surface area contributed by atoms with E-state index in [2.05, 4.69) is 5.32 Å². The van der Waals surface area contributed by atoms with Gasteiger partial charge < -0.3 is 29.4 Å². The van der Waals surface area contributed by atoms with Gasteiger partial charge in [0, 0.05) is 18.0 Å². The molecule has 0 unspecified atom stereocenters. The minimum Gasteiger partial charge on any atom is -0.550 e. The Balaban J connectivity index is 1.82. The highest BCUT2D eigenvalue weighted by Gasteiger charge is 2.50. The molecule has 2 heterocycles. The molecule has 23 heavy (non-hydrogen) atoms. The Morgan fingerprint density at radius 3 is 2.43 bits per heavy atom. The van der Waals surface area contributed by atoms with Crippen molar-refractivity contribution in [3.05, 3.63) is 30.4 Å². The number of carboxylic acids is 1. The standard InChI is InChI=1S/C16H17NO6/c1-21-8-3-4-9(12(7-8)22-2)17-15(18)13-10-5-6-11(23-10)14(13)16(19)20/h3-7,10-11,13-14H,1-2H3,(H,17,18)(H,19,20)/p-1/t10-,11+,13-,14-/m0/s1. The Morgan fingerprint density at radius 2 is 1.83 bits per heavy atom. The van der Waals surface area contributed by atoms with Crippen LogP contribution < -0.4 is 19.9 Å². The van der Waals surface area contributed by atoms with E-state index in [1.807, 2.05) is 0 Å². The number of benzene rings is 1. The molecule has 0 spiro atoms. The topological polar surface area (TPSA) is 96.9 Å². The molecule has 1 saturated heterocycles. The Labute approximate surface area is 132 Å². The maximum absolute atomic E-state index is 12.5. The number of amides is 1. The van der Waals surface area contributed by atoms with Crippen molar-refractivity contribution in [1.82, 2.24) is 0 Å². The summed E-state index contributed by atoms with van der Waals surface area (Å²) in [6.07, 6.45) is 2.20. The second kappa shape index (κ2) is 5.92. The molecule has 1 fully saturated rings. The van der Waals surface area contributed by atoms with E-state index in [1.165, 1.54) is 14.2 Å². The smallest absolute Gasteiger partial charge is 0.231 e. The van der Waals surface area contributed by atoms with Crippen molar-refractivity contribution < 1.29 is 28.9 Å². The largest absolute Gasteiger partial charge is 0.550 e. The number of anilines is 1. The average molecular weight is 318 g/mol. The van der Waals surface area contributed by atoms with E-state index in [0.717, 1.165) is 0 Å². The highest BCUT2D eigenvalue weighted by atomic mass is 16.5. The van der Waals surface area contributed by atoms with Crippen LogP contribution in [0, 0.1) is 11.8 Å². The van der Waals surface area contributed by atoms with Gasteiger partial charge in [0.25, 0.3) is 0 Å². The van der Waals surface area contributed by atoms with Crippen LogP contribution in [0.15, 0.2) is 30.4 Å². The Hall–Kier alpha value is -2.54. The Bertz CT molecular complexity index is 671. The molecular weight excluding hydrogens is 302 g/mol. The van der Waals surface area contributed by atoms with Crippen LogP contribution >= 0.6 is 0 Å². The number of ether oxygens (including phenoxy) is 3. The van der Waals surface area contributed by atoms with E-state index in [9.17, 15) is 14.7 Å². The number of carboxylic acid groups (broad SMARTS) is 1. The van der Waals surface area contributed by atoms with Crippen LogP contribution in [0.4, 0.5) is 5.69 Å². The summed E-state index contributed by atoms with van der Waals surface area (Å²) in [5.74, 6) is -2.56. The second-order valence-electron chi connectivity index (χ2n) is 5.38. The number of carbonyl (C=O) groups is 2. The first-order valence-corrected chi connectivity index (χ1v) is 7.12. The molecule has 7 nitrogen and oxygen atoms in total. The van der Waals surface area contributed by atoms with Gasteiger partial charge >= 0.3 is 0 Å². The highest BCUT2D eigenvalue weighted by molar-refractivity contribution is 5.97. The molecule has 1 aromatic carbocycles. The summed E-state index contributed by atoms with van der Waals surface area (Å²) in [7, 11) is 2.99. The van der Waals surface area contributed by atoms with E-state index in [-0.39, 0.29) is 0 Å². The van der Waals surface area contributed by atoms with Gasteiger partial charge in [-0.2, -0.15) is 0 Å². The number of hydrogen-bond donors (Lipinski definition) is 1. The summed E-state index contributed by atoms with van der Waals surface area (Å²) >= 11 is 0. The zero-order valence-corrected chi connectivity index (χ0v) is 12.6. The summed E-state index contributed by atoms with van der Waals surface area (Å²) < 4.78 is 15.8. The van der Waals surface area contributed by atoms with Gasteiger partial charge in [0.05, 0.1) is 38.0 Å². The molecule has 2 aliphatic rings. The lowest BCUT2D eigenvalue weighted by Gasteiger charge is -2.25. The molecular formula is C16H16NO6-. The summed E-state index contributed by atoms with van der Waals surface area (Å²) in [6.45, 7) is 0. The van der Waals surface area contributed by atoms with Crippen LogP contribution in [0.5, 0.6) is 11.5 Å². The Kier molecular flexibility index (Phi) is 3.96. The molecule has 122 valence electrons. The molecule has 1 aromatic rings. The summed E-state index contributed by atoms with van der Waals surface area (Å²) in [5.41, 5.74) is 0.433. The number of rotatable bonds is 5. The number of aliphatic carboxylic acids is 1. The zero-order chi connectivity index (χ0) is 16.6. The van der Waals surface area contributed by atoms with E-state index in [1.54, 1.807) is 30.4 Å². The maximum Gasteiger partial charge on any atom is 0.231 e. The number of carbonyl (C=O) groups excluding carboxylic acids is 2. The second-order valence-corrected chi connectivity index (χ2v) is 5.38. The average Bonchev–Trinajstić information content (AvgIpc) is 3.16. The van der Waals surface area contributed by atoms with Crippen molar-refractivity contribution in [2.24, 2.45) is 11.8 Å². The zero-order valence-electron chi connectivity index (χ0n) is 12.6. The van der Waals surface area contributed by atoms with Crippen molar-refractivity contribution in [3.8, 4) is 11.5 Å². The predicted octanol–water partition coefficient (Wildman–Crippen LogP) is -0.0382. The van der Waals surface area contributed by atoms with Crippen LogP contribution in [0.25, 0.3) is 0 Å². The lowest BCUT2D eigenvalue weighted by molar-refractivity contribution is -0.313. The monoisotopic (exact) mass is 318 g/mol. The molecule has 0 saturated carbocycles. The highest BCUT2D eigenvalue weighted by Crippen LogP contribution is 2.40. The lowest BCUT2D eigenvalue weighted by Crippen LogP contribution is -2.45. The van der Waals surface area contributed by atoms with Crippen LogP contribution in [0.1, 0.15) is 0 Å². The minimum atomic E-state index is -1.29. The molecule has 0 radical (unpaired) electrons. The first-order valence-electron chi connectivity index (χ1n) is 7.12. The molecule has 1 N–H and O–H groups in total. The van der Waals surface area contributed by atoms with Gasteiger partial charge in [0.1, 0.15) is 11.5 Å². The third-order valence-corrected chi connectivity index (χ3v) is 4.14. The molecule has 2 aliphatic heterocycles.